The van der Waals surface area contributed by atoms with Crippen LogP contribution in [0, 0.1) is 11.6 Å². The molecule has 0 aliphatic rings. The fourth-order valence-corrected chi connectivity index (χ4v) is 3.33. The van der Waals surface area contributed by atoms with Crippen LogP contribution in [-0.2, 0) is 4.79 Å². The summed E-state index contributed by atoms with van der Waals surface area (Å²) in [5.74, 6) is -3.40. The molecule has 0 spiro atoms. The first-order valence-electron chi connectivity index (χ1n) is 9.51. The van der Waals surface area contributed by atoms with Crippen molar-refractivity contribution in [3.05, 3.63) is 93.3 Å². The average molecular weight is 458 g/mol. The van der Waals surface area contributed by atoms with E-state index in [-0.39, 0.29) is 33.5 Å². The molecule has 3 aromatic rings. The van der Waals surface area contributed by atoms with Crippen LogP contribution < -0.4 is 16.6 Å². The standard InChI is InChI=1S/C21H15F2N2O4P.C2H6/c22-13-4-2-12(3-5-13)20(29)14-6-7-17(26)25(21(14)24)19-15(23)9-11(10-16(19)30)1-8-18(27)28;1-2/h1-10H,24,30H2,(H,27,28);1-2H3/b8-1+;. The largest absolute Gasteiger partial charge is 0.478 e. The number of nitrogen functional groups attached to an aromatic ring is 1. The molecule has 0 saturated heterocycles. The van der Waals surface area contributed by atoms with Crippen molar-refractivity contribution in [1.29, 1.82) is 0 Å². The van der Waals surface area contributed by atoms with Crippen LogP contribution in [0.15, 0.2) is 59.4 Å². The number of aliphatic carboxylic acids is 1. The number of carbonyl (C=O) groups excluding carboxylic acids is 1. The van der Waals surface area contributed by atoms with Gasteiger partial charge in [0.05, 0.1) is 11.3 Å². The third-order valence-electron chi connectivity index (χ3n) is 4.24. The molecule has 1 atom stereocenters. The van der Waals surface area contributed by atoms with Crippen LogP contribution in [0.3, 0.4) is 0 Å². The Hall–Kier alpha value is -3.64. The second kappa shape index (κ2) is 10.6. The van der Waals surface area contributed by atoms with E-state index in [1.807, 2.05) is 13.8 Å². The number of hydrogen-bond donors (Lipinski definition) is 2. The number of anilines is 1. The van der Waals surface area contributed by atoms with Gasteiger partial charge in [0.1, 0.15) is 17.5 Å². The van der Waals surface area contributed by atoms with Gasteiger partial charge in [-0.1, -0.05) is 13.8 Å². The first-order valence-corrected chi connectivity index (χ1v) is 10.1. The van der Waals surface area contributed by atoms with Crippen LogP contribution >= 0.6 is 9.24 Å². The van der Waals surface area contributed by atoms with Crippen molar-refractivity contribution < 1.29 is 23.5 Å². The van der Waals surface area contributed by atoms with E-state index in [2.05, 4.69) is 9.24 Å². The molecule has 2 aromatic carbocycles. The van der Waals surface area contributed by atoms with Crippen LogP contribution in [0.2, 0.25) is 0 Å². The molecule has 1 heterocycles. The van der Waals surface area contributed by atoms with Gasteiger partial charge in [-0.05, 0) is 59.4 Å². The van der Waals surface area contributed by atoms with Gasteiger partial charge < -0.3 is 10.8 Å². The van der Waals surface area contributed by atoms with Crippen LogP contribution in [0.1, 0.15) is 35.3 Å². The van der Waals surface area contributed by atoms with Gasteiger partial charge in [0.25, 0.3) is 5.56 Å². The first-order chi connectivity index (χ1) is 15.2. The number of carboxylic acid groups (broad SMARTS) is 1. The summed E-state index contributed by atoms with van der Waals surface area (Å²) in [5, 5.41) is 8.93. The highest BCUT2D eigenvalue weighted by atomic mass is 31.0. The molecular weight excluding hydrogens is 437 g/mol. The van der Waals surface area contributed by atoms with Crippen LogP contribution in [0.25, 0.3) is 11.8 Å². The second-order valence-corrected chi connectivity index (χ2v) is 6.88. The average Bonchev–Trinajstić information content (AvgIpc) is 2.75. The highest BCUT2D eigenvalue weighted by Gasteiger charge is 2.20. The Morgan fingerprint density at radius 3 is 2.25 bits per heavy atom. The van der Waals surface area contributed by atoms with Crippen molar-refractivity contribution in [2.75, 3.05) is 5.73 Å². The molecule has 0 aliphatic heterocycles. The minimum Gasteiger partial charge on any atom is -0.478 e. The highest BCUT2D eigenvalue weighted by Crippen LogP contribution is 2.22. The predicted octanol–water partition coefficient (Wildman–Crippen LogP) is 3.55. The molecule has 3 rings (SSSR count). The summed E-state index contributed by atoms with van der Waals surface area (Å²) < 4.78 is 28.8. The molecule has 166 valence electrons. The van der Waals surface area contributed by atoms with E-state index in [0.717, 1.165) is 34.9 Å². The van der Waals surface area contributed by atoms with Crippen molar-refractivity contribution in [1.82, 2.24) is 4.57 Å². The molecule has 0 fully saturated rings. The maximum atomic E-state index is 14.8. The molecule has 0 saturated carbocycles. The lowest BCUT2D eigenvalue weighted by atomic mass is 10.0. The fourth-order valence-electron chi connectivity index (χ4n) is 2.87. The number of rotatable bonds is 5. The number of nitrogens with two attached hydrogens (primary N) is 1. The minimum absolute atomic E-state index is 0.0557. The van der Waals surface area contributed by atoms with Crippen molar-refractivity contribution in [2.24, 2.45) is 0 Å². The van der Waals surface area contributed by atoms with E-state index in [0.29, 0.717) is 0 Å². The third kappa shape index (κ3) is 5.34. The number of aromatic nitrogens is 1. The molecule has 6 nitrogen and oxygen atoms in total. The van der Waals surface area contributed by atoms with Crippen molar-refractivity contribution in [2.45, 2.75) is 13.8 Å². The molecule has 9 heteroatoms. The molecule has 0 aliphatic carbocycles. The second-order valence-electron chi connectivity index (χ2n) is 6.25. The Kier molecular flexibility index (Phi) is 8.15. The van der Waals surface area contributed by atoms with Crippen LogP contribution in [0.5, 0.6) is 0 Å². The molecule has 3 N–H and O–H groups in total. The van der Waals surface area contributed by atoms with Crippen LogP contribution in [0.4, 0.5) is 14.6 Å². The number of carbonyl (C=O) groups is 2. The fraction of sp³-hybridized carbons (Fsp3) is 0.0870. The van der Waals surface area contributed by atoms with Gasteiger partial charge in [-0.25, -0.2) is 13.6 Å². The number of hydrogen-bond acceptors (Lipinski definition) is 4. The summed E-state index contributed by atoms with van der Waals surface area (Å²) in [5.41, 5.74) is 5.55. The molecule has 0 bridgehead atoms. The van der Waals surface area contributed by atoms with Gasteiger partial charge in [-0.2, -0.15) is 0 Å². The summed E-state index contributed by atoms with van der Waals surface area (Å²) in [4.78, 5) is 35.9. The lowest BCUT2D eigenvalue weighted by molar-refractivity contribution is -0.131. The Balaban J connectivity index is 0.00000176. The van der Waals surface area contributed by atoms with Crippen molar-refractivity contribution in [3.63, 3.8) is 0 Å². The van der Waals surface area contributed by atoms with Crippen molar-refractivity contribution in [3.8, 4) is 5.69 Å². The molecule has 1 aromatic heterocycles. The van der Waals surface area contributed by atoms with Gasteiger partial charge in [-0.15, -0.1) is 9.24 Å². The quantitative estimate of drug-likeness (QED) is 0.346. The Bertz CT molecular complexity index is 1230. The summed E-state index contributed by atoms with van der Waals surface area (Å²) in [6.45, 7) is 4.00. The van der Waals surface area contributed by atoms with Gasteiger partial charge in [0.15, 0.2) is 5.78 Å². The normalized spacial score (nSPS) is 10.5. The molecule has 1 unspecified atom stereocenters. The Morgan fingerprint density at radius 2 is 1.69 bits per heavy atom. The highest BCUT2D eigenvalue weighted by molar-refractivity contribution is 7.27. The first kappa shape index (κ1) is 24.6. The van der Waals surface area contributed by atoms with E-state index in [1.165, 1.54) is 30.3 Å². The molecule has 0 radical (unpaired) electrons. The number of nitrogens with zero attached hydrogens (tertiary/aromatic N) is 1. The third-order valence-corrected chi connectivity index (χ3v) is 4.68. The molecular formula is C23H21F2N2O4P. The lowest BCUT2D eigenvalue weighted by Gasteiger charge is -2.16. The van der Waals surface area contributed by atoms with Gasteiger partial charge in [0.2, 0.25) is 0 Å². The monoisotopic (exact) mass is 458 g/mol. The maximum Gasteiger partial charge on any atom is 0.328 e. The summed E-state index contributed by atoms with van der Waals surface area (Å²) in [7, 11) is 2.25. The number of ketones is 1. The zero-order valence-electron chi connectivity index (χ0n) is 17.3. The Morgan fingerprint density at radius 1 is 1.06 bits per heavy atom. The topological polar surface area (TPSA) is 102 Å². The van der Waals surface area contributed by atoms with Crippen molar-refractivity contribution >= 4 is 38.2 Å². The van der Waals surface area contributed by atoms with Gasteiger partial charge in [-0.3, -0.25) is 14.2 Å². The van der Waals surface area contributed by atoms with E-state index in [1.54, 1.807) is 0 Å². The summed E-state index contributed by atoms with van der Waals surface area (Å²) in [6.07, 6.45) is 2.05. The Labute approximate surface area is 185 Å². The number of carboxylic acids is 1. The summed E-state index contributed by atoms with van der Waals surface area (Å²) >= 11 is 0. The predicted molar refractivity (Wildman–Crippen MR) is 124 cm³/mol. The lowest BCUT2D eigenvalue weighted by Crippen LogP contribution is -2.27. The SMILES string of the molecule is CC.Nc1c(C(=O)c2ccc(F)cc2)ccc(=O)n1-c1c(F)cc(/C=C/C(=O)O)cc1P. The smallest absolute Gasteiger partial charge is 0.328 e. The van der Waals surface area contributed by atoms with E-state index >= 15 is 0 Å². The zero-order chi connectivity index (χ0) is 24.0. The molecule has 32 heavy (non-hydrogen) atoms. The number of pyridine rings is 1. The number of halogens is 2. The van der Waals surface area contributed by atoms with E-state index in [9.17, 15) is 23.2 Å². The summed E-state index contributed by atoms with van der Waals surface area (Å²) in [6, 6.07) is 9.58. The molecule has 0 amide bonds. The van der Waals surface area contributed by atoms with E-state index in [4.69, 9.17) is 10.8 Å². The van der Waals surface area contributed by atoms with Gasteiger partial charge >= 0.3 is 5.97 Å². The number of benzene rings is 2. The zero-order valence-corrected chi connectivity index (χ0v) is 18.5. The van der Waals surface area contributed by atoms with E-state index < -0.39 is 28.9 Å². The maximum absolute atomic E-state index is 14.8. The van der Waals surface area contributed by atoms with Crippen LogP contribution in [-0.4, -0.2) is 21.4 Å². The van der Waals surface area contributed by atoms with Gasteiger partial charge in [0, 0.05) is 17.7 Å². The minimum atomic E-state index is -1.20.